The van der Waals surface area contributed by atoms with Gasteiger partial charge in [-0.15, -0.1) is 0 Å². The molecule has 1 fully saturated rings. The van der Waals surface area contributed by atoms with Gasteiger partial charge >= 0.3 is 11.9 Å². The molecule has 8 nitrogen and oxygen atoms in total. The summed E-state index contributed by atoms with van der Waals surface area (Å²) >= 11 is 0. The number of benzene rings is 3. The predicted molar refractivity (Wildman–Crippen MR) is 132 cm³/mol. The number of hydrogen-bond acceptors (Lipinski definition) is 6. The van der Waals surface area contributed by atoms with Crippen LogP contribution in [0.25, 0.3) is 22.1 Å². The van der Waals surface area contributed by atoms with Gasteiger partial charge in [-0.3, -0.25) is 4.79 Å². The fraction of sp³-hybridized carbons (Fsp3) is 0.179. The third-order valence-electron chi connectivity index (χ3n) is 6.17. The van der Waals surface area contributed by atoms with Crippen LogP contribution in [0.2, 0.25) is 0 Å². The lowest BCUT2D eigenvalue weighted by atomic mass is 9.98. The number of hydrogen-bond donors (Lipinski definition) is 3. The van der Waals surface area contributed by atoms with Crippen molar-refractivity contribution < 1.29 is 28.6 Å². The van der Waals surface area contributed by atoms with E-state index in [9.17, 15) is 19.5 Å². The molecule has 0 bridgehead atoms. The van der Waals surface area contributed by atoms with Crippen molar-refractivity contribution in [3.8, 4) is 16.9 Å². The molecule has 1 aromatic heterocycles. The summed E-state index contributed by atoms with van der Waals surface area (Å²) in [5, 5.41) is 13.1. The average Bonchev–Trinajstić information content (AvgIpc) is 3.64. The second kappa shape index (κ2) is 9.67. The fourth-order valence-corrected chi connectivity index (χ4v) is 4.13. The molecule has 0 spiro atoms. The molecule has 1 atom stereocenters. The van der Waals surface area contributed by atoms with Gasteiger partial charge in [0.1, 0.15) is 11.3 Å². The highest BCUT2D eigenvalue weighted by Crippen LogP contribution is 2.34. The monoisotopic (exact) mass is 484 g/mol. The van der Waals surface area contributed by atoms with Gasteiger partial charge in [-0.05, 0) is 54.3 Å². The summed E-state index contributed by atoms with van der Waals surface area (Å²) in [7, 11) is 0. The van der Waals surface area contributed by atoms with Gasteiger partial charge in [0.15, 0.2) is 6.04 Å². The van der Waals surface area contributed by atoms with E-state index in [1.54, 1.807) is 36.6 Å². The van der Waals surface area contributed by atoms with Crippen LogP contribution in [0.4, 0.5) is 0 Å². The summed E-state index contributed by atoms with van der Waals surface area (Å²) in [5.74, 6) is -2.34. The average molecular weight is 485 g/mol. The Bertz CT molecular complexity index is 1470. The molecule has 0 saturated heterocycles. The molecule has 3 aromatic carbocycles. The Kier molecular flexibility index (Phi) is 6.26. The molecule has 1 amide bonds. The Morgan fingerprint density at radius 1 is 1.06 bits per heavy atom. The number of amides is 1. The number of carboxylic acid groups (broad SMARTS) is 1. The molecule has 1 aliphatic carbocycles. The minimum absolute atomic E-state index is 0.0602. The zero-order valence-corrected chi connectivity index (χ0v) is 19.3. The van der Waals surface area contributed by atoms with E-state index in [4.69, 9.17) is 14.9 Å². The first-order valence-electron chi connectivity index (χ1n) is 11.6. The van der Waals surface area contributed by atoms with E-state index in [0.717, 1.165) is 24.0 Å². The maximum Gasteiger partial charge on any atom is 0.343 e. The zero-order chi connectivity index (χ0) is 25.2. The lowest BCUT2D eigenvalue weighted by molar-refractivity contribution is -0.142. The third kappa shape index (κ3) is 4.71. The van der Waals surface area contributed by atoms with Crippen LogP contribution in [0.15, 0.2) is 77.4 Å². The van der Waals surface area contributed by atoms with Crippen LogP contribution in [0.1, 0.15) is 40.4 Å². The first-order valence-corrected chi connectivity index (χ1v) is 11.6. The molecule has 1 saturated carbocycles. The van der Waals surface area contributed by atoms with E-state index in [0.29, 0.717) is 23.1 Å². The normalized spacial score (nSPS) is 13.8. The summed E-state index contributed by atoms with van der Waals surface area (Å²) in [6, 6.07) is 17.7. The quantitative estimate of drug-likeness (QED) is 0.249. The topological polar surface area (TPSA) is 132 Å². The third-order valence-corrected chi connectivity index (χ3v) is 6.17. The second-order valence-electron chi connectivity index (χ2n) is 8.75. The van der Waals surface area contributed by atoms with Crippen molar-refractivity contribution in [1.82, 2.24) is 5.32 Å². The number of esters is 1. The first kappa shape index (κ1) is 23.3. The zero-order valence-electron chi connectivity index (χ0n) is 19.3. The van der Waals surface area contributed by atoms with Gasteiger partial charge in [-0.1, -0.05) is 36.4 Å². The lowest BCUT2D eigenvalue weighted by Crippen LogP contribution is -2.35. The Hall–Kier alpha value is -4.43. The molecule has 0 aliphatic heterocycles. The highest BCUT2D eigenvalue weighted by Gasteiger charge is 2.34. The SMILES string of the molecule is NCc1cccc(-c2cc(C(=O)Oc3ccccc3C(NC(=O)C3CC3)C(=O)O)cc3ccoc23)c1. The molecular weight excluding hydrogens is 460 g/mol. The Labute approximate surface area is 206 Å². The number of aliphatic carboxylic acids is 1. The van der Waals surface area contributed by atoms with Gasteiger partial charge in [0.2, 0.25) is 5.91 Å². The van der Waals surface area contributed by atoms with Crippen molar-refractivity contribution >= 4 is 28.8 Å². The van der Waals surface area contributed by atoms with Gasteiger partial charge < -0.3 is 25.3 Å². The first-order chi connectivity index (χ1) is 17.4. The number of carboxylic acids is 1. The number of ether oxygens (including phenoxy) is 1. The van der Waals surface area contributed by atoms with Gasteiger partial charge in [0.25, 0.3) is 0 Å². The van der Waals surface area contributed by atoms with Crippen LogP contribution < -0.4 is 15.8 Å². The number of nitrogens with one attached hydrogen (secondary N) is 1. The van der Waals surface area contributed by atoms with E-state index >= 15 is 0 Å². The molecule has 1 heterocycles. The molecule has 4 N–H and O–H groups in total. The number of furan rings is 1. The second-order valence-corrected chi connectivity index (χ2v) is 8.75. The van der Waals surface area contributed by atoms with Crippen molar-refractivity contribution in [3.05, 3.63) is 89.7 Å². The van der Waals surface area contributed by atoms with Crippen molar-refractivity contribution in [2.24, 2.45) is 11.7 Å². The molecule has 8 heteroatoms. The number of carbonyl (C=O) groups excluding carboxylic acids is 2. The summed E-state index contributed by atoms with van der Waals surface area (Å²) < 4.78 is 11.4. The molecule has 4 aromatic rings. The van der Waals surface area contributed by atoms with Crippen molar-refractivity contribution in [2.75, 3.05) is 0 Å². The van der Waals surface area contributed by atoms with E-state index in [2.05, 4.69) is 5.32 Å². The van der Waals surface area contributed by atoms with Crippen molar-refractivity contribution in [1.29, 1.82) is 0 Å². The summed E-state index contributed by atoms with van der Waals surface area (Å²) in [4.78, 5) is 37.5. The van der Waals surface area contributed by atoms with E-state index in [-0.39, 0.29) is 28.7 Å². The number of nitrogens with two attached hydrogens (primary N) is 1. The minimum atomic E-state index is -1.34. The molecule has 36 heavy (non-hydrogen) atoms. The molecule has 1 unspecified atom stereocenters. The number of para-hydroxylation sites is 1. The number of fused-ring (bicyclic) bond motifs is 1. The van der Waals surface area contributed by atoms with Crippen LogP contribution in [-0.4, -0.2) is 23.0 Å². The Morgan fingerprint density at radius 3 is 2.61 bits per heavy atom. The van der Waals surface area contributed by atoms with Crippen molar-refractivity contribution in [3.63, 3.8) is 0 Å². The Balaban J connectivity index is 1.48. The molecule has 5 rings (SSSR count). The summed E-state index contributed by atoms with van der Waals surface area (Å²) in [6.07, 6.45) is 3.02. The molecular formula is C28H24N2O6. The highest BCUT2D eigenvalue weighted by atomic mass is 16.5. The minimum Gasteiger partial charge on any atom is -0.479 e. The Morgan fingerprint density at radius 2 is 1.86 bits per heavy atom. The maximum absolute atomic E-state index is 13.3. The molecule has 1 aliphatic rings. The van der Waals surface area contributed by atoms with E-state index in [1.165, 1.54) is 12.1 Å². The number of rotatable bonds is 8. The fourth-order valence-electron chi connectivity index (χ4n) is 4.13. The van der Waals surface area contributed by atoms with Gasteiger partial charge in [-0.25, -0.2) is 9.59 Å². The lowest BCUT2D eigenvalue weighted by Gasteiger charge is -2.18. The van der Waals surface area contributed by atoms with Gasteiger partial charge in [0.05, 0.1) is 11.8 Å². The smallest absolute Gasteiger partial charge is 0.343 e. The van der Waals surface area contributed by atoms with Crippen LogP contribution in [0, 0.1) is 5.92 Å². The predicted octanol–water partition coefficient (Wildman–Crippen LogP) is 4.43. The van der Waals surface area contributed by atoms with Gasteiger partial charge in [-0.2, -0.15) is 0 Å². The number of carbonyl (C=O) groups is 3. The van der Waals surface area contributed by atoms with Crippen molar-refractivity contribution in [2.45, 2.75) is 25.4 Å². The summed E-state index contributed by atoms with van der Waals surface area (Å²) in [5.41, 5.74) is 9.34. The molecule has 182 valence electrons. The van der Waals surface area contributed by atoms with E-state index in [1.807, 2.05) is 24.3 Å². The van der Waals surface area contributed by atoms with Crippen LogP contribution >= 0.6 is 0 Å². The standard InChI is InChI=1S/C28H24N2O6/c29-15-16-4-3-5-18(12-16)22-14-20(13-19-10-11-35-25(19)22)28(34)36-23-7-2-1-6-21(23)24(27(32)33)30-26(31)17-8-9-17/h1-7,10-14,17,24H,8-9,15,29H2,(H,30,31)(H,32,33). The maximum atomic E-state index is 13.3. The summed E-state index contributed by atoms with van der Waals surface area (Å²) in [6.45, 7) is 0.371. The molecule has 0 radical (unpaired) electrons. The van der Waals surface area contributed by atoms with Gasteiger partial charge in [0, 0.05) is 29.0 Å². The van der Waals surface area contributed by atoms with Crippen LogP contribution in [-0.2, 0) is 16.1 Å². The van der Waals surface area contributed by atoms with E-state index < -0.39 is 18.0 Å². The largest absolute Gasteiger partial charge is 0.479 e. The van der Waals surface area contributed by atoms with Crippen LogP contribution in [0.5, 0.6) is 5.75 Å². The van der Waals surface area contributed by atoms with Crippen LogP contribution in [0.3, 0.4) is 0 Å². The highest BCUT2D eigenvalue weighted by molar-refractivity contribution is 6.01.